The quantitative estimate of drug-likeness (QED) is 0.0311. The first-order valence-electron chi connectivity index (χ1n) is 20.8. The molecule has 0 bridgehead atoms. The zero-order valence-corrected chi connectivity index (χ0v) is 36.2. The number of primary amides is 2. The lowest BCUT2D eigenvalue weighted by molar-refractivity contribution is -0.142. The second-order valence-electron chi connectivity index (χ2n) is 15.4. The average Bonchev–Trinajstić information content (AvgIpc) is 3.72. The van der Waals surface area contributed by atoms with Crippen molar-refractivity contribution >= 4 is 65.0 Å². The van der Waals surface area contributed by atoms with Crippen molar-refractivity contribution in [1.82, 2.24) is 42.1 Å². The van der Waals surface area contributed by atoms with Crippen LogP contribution in [0.25, 0.3) is 0 Å². The summed E-state index contributed by atoms with van der Waals surface area (Å²) in [5, 5.41) is 36.5. The predicted octanol–water partition coefficient (Wildman–Crippen LogP) is -5.85. The van der Waals surface area contributed by atoms with E-state index in [1.807, 2.05) is 0 Å². The van der Waals surface area contributed by atoms with Gasteiger partial charge in [-0.25, -0.2) is 4.79 Å². The Bertz CT molecular complexity index is 1650. The fourth-order valence-corrected chi connectivity index (χ4v) is 6.28. The molecule has 1 heterocycles. The van der Waals surface area contributed by atoms with E-state index in [0.29, 0.717) is 38.6 Å². The Morgan fingerprint density at radius 1 is 0.698 bits per heavy atom. The minimum Gasteiger partial charge on any atom is -0.480 e. The van der Waals surface area contributed by atoms with Gasteiger partial charge in [-0.05, 0) is 64.8 Å². The summed E-state index contributed by atoms with van der Waals surface area (Å²) >= 11 is 0. The SMILES string of the molecule is CC[C@H](C)[C@H](NC(=O)[C@@H](NC(=O)[C@H](CCC(N)=O)NC(=O)[C@@H]1CCCN1C(=O)CNC(=O)[C@@H](N)CCCCN)[C@@H](C)O)C(=O)N[C@@H](C)C(=O)NCC(=O)N[C@@H](CCC(N)=O)C(=O)O. The number of nitrogens with one attached hydrogen (secondary N) is 7. The maximum atomic E-state index is 13.7. The molecule has 1 rings (SSSR count). The van der Waals surface area contributed by atoms with E-state index in [-0.39, 0.29) is 38.6 Å². The topological polar surface area (TPSA) is 420 Å². The molecule has 1 aliphatic heterocycles. The van der Waals surface area contributed by atoms with Crippen LogP contribution in [0.1, 0.15) is 91.9 Å². The highest BCUT2D eigenvalue weighted by atomic mass is 16.4. The number of carboxylic acids is 1. The summed E-state index contributed by atoms with van der Waals surface area (Å²) in [7, 11) is 0. The van der Waals surface area contributed by atoms with Gasteiger partial charge in [0.05, 0.1) is 25.2 Å². The van der Waals surface area contributed by atoms with E-state index in [4.69, 9.17) is 22.9 Å². The highest BCUT2D eigenvalue weighted by Gasteiger charge is 2.38. The fraction of sp³-hybridized carbons (Fsp3) is 0.711. The van der Waals surface area contributed by atoms with Gasteiger partial charge in [0.25, 0.3) is 0 Å². The lowest BCUT2D eigenvalue weighted by Gasteiger charge is -2.30. The number of unbranched alkanes of at least 4 members (excludes halogenated alkanes) is 1. The van der Waals surface area contributed by atoms with Crippen LogP contribution in [0, 0.1) is 5.92 Å². The zero-order chi connectivity index (χ0) is 48.0. The van der Waals surface area contributed by atoms with Crippen LogP contribution in [-0.2, 0) is 52.7 Å². The molecule has 9 atom stereocenters. The van der Waals surface area contributed by atoms with Gasteiger partial charge in [-0.2, -0.15) is 0 Å². The first-order valence-corrected chi connectivity index (χ1v) is 20.8. The molecule has 0 unspecified atom stereocenters. The van der Waals surface area contributed by atoms with Gasteiger partial charge in [0.15, 0.2) is 0 Å². The van der Waals surface area contributed by atoms with Gasteiger partial charge in [0.2, 0.25) is 59.1 Å². The molecule has 0 radical (unpaired) electrons. The first kappa shape index (κ1) is 55.1. The molecule has 25 nitrogen and oxygen atoms in total. The fourth-order valence-electron chi connectivity index (χ4n) is 6.28. The molecule has 0 saturated carbocycles. The van der Waals surface area contributed by atoms with Crippen LogP contribution < -0.4 is 60.2 Å². The molecule has 1 fully saturated rings. The van der Waals surface area contributed by atoms with Crippen LogP contribution in [0.15, 0.2) is 0 Å². The Hall–Kier alpha value is -5.95. The molecule has 0 aromatic rings. The molecule has 1 saturated heterocycles. The van der Waals surface area contributed by atoms with Gasteiger partial charge in [-0.15, -0.1) is 0 Å². The molecular formula is C38H66N12O13. The molecule has 10 amide bonds. The Morgan fingerprint density at radius 3 is 1.83 bits per heavy atom. The summed E-state index contributed by atoms with van der Waals surface area (Å²) in [6.07, 6.45) is -0.313. The Labute approximate surface area is 365 Å². The van der Waals surface area contributed by atoms with E-state index in [2.05, 4.69) is 37.2 Å². The third-order valence-corrected chi connectivity index (χ3v) is 10.3. The lowest BCUT2D eigenvalue weighted by Crippen LogP contribution is -2.62. The molecule has 25 heteroatoms. The molecule has 1 aliphatic rings. The highest BCUT2D eigenvalue weighted by molar-refractivity contribution is 5.98. The molecule has 63 heavy (non-hydrogen) atoms. The van der Waals surface area contributed by atoms with Crippen molar-refractivity contribution < 1.29 is 63.0 Å². The van der Waals surface area contributed by atoms with Crippen LogP contribution in [0.2, 0.25) is 0 Å². The highest BCUT2D eigenvalue weighted by Crippen LogP contribution is 2.18. The number of aliphatic carboxylic acids is 1. The van der Waals surface area contributed by atoms with Gasteiger partial charge in [-0.3, -0.25) is 47.9 Å². The number of hydrogen-bond donors (Lipinski definition) is 13. The van der Waals surface area contributed by atoms with Gasteiger partial charge in [-0.1, -0.05) is 26.7 Å². The Balaban J connectivity index is 3.03. The first-order chi connectivity index (χ1) is 29.5. The van der Waals surface area contributed by atoms with E-state index in [1.54, 1.807) is 13.8 Å². The van der Waals surface area contributed by atoms with Crippen molar-refractivity contribution in [2.45, 2.75) is 140 Å². The Kier molecular flexibility index (Phi) is 24.4. The van der Waals surface area contributed by atoms with Crippen LogP contribution in [-0.4, -0.2) is 155 Å². The number of rotatable bonds is 29. The third-order valence-electron chi connectivity index (χ3n) is 10.3. The molecule has 17 N–H and O–H groups in total. The van der Waals surface area contributed by atoms with Gasteiger partial charge in [0.1, 0.15) is 36.3 Å². The van der Waals surface area contributed by atoms with Crippen molar-refractivity contribution in [3.8, 4) is 0 Å². The maximum Gasteiger partial charge on any atom is 0.326 e. The van der Waals surface area contributed by atoms with Crippen LogP contribution in [0.4, 0.5) is 0 Å². The predicted molar refractivity (Wildman–Crippen MR) is 223 cm³/mol. The van der Waals surface area contributed by atoms with Crippen molar-refractivity contribution in [3.63, 3.8) is 0 Å². The van der Waals surface area contributed by atoms with E-state index in [9.17, 15) is 63.0 Å². The van der Waals surface area contributed by atoms with Gasteiger partial charge < -0.3 is 75.3 Å². The number of likely N-dealkylation sites (tertiary alicyclic amines) is 1. The molecule has 0 aromatic heterocycles. The number of carboxylic acid groups (broad SMARTS) is 1. The number of hydrogen-bond acceptors (Lipinski definition) is 14. The largest absolute Gasteiger partial charge is 0.480 e. The third kappa shape index (κ3) is 19.8. The van der Waals surface area contributed by atoms with Gasteiger partial charge in [0, 0.05) is 19.4 Å². The zero-order valence-electron chi connectivity index (χ0n) is 36.2. The van der Waals surface area contributed by atoms with E-state index < -0.39 is 132 Å². The Morgan fingerprint density at radius 2 is 1.27 bits per heavy atom. The van der Waals surface area contributed by atoms with Crippen LogP contribution >= 0.6 is 0 Å². The monoisotopic (exact) mass is 898 g/mol. The second-order valence-corrected chi connectivity index (χ2v) is 15.4. The number of amides is 10. The molecule has 0 aliphatic carbocycles. The number of aliphatic hydroxyl groups excluding tert-OH is 1. The maximum absolute atomic E-state index is 13.7. The van der Waals surface area contributed by atoms with E-state index >= 15 is 0 Å². The van der Waals surface area contributed by atoms with E-state index in [1.165, 1.54) is 18.7 Å². The molecule has 0 aromatic carbocycles. The summed E-state index contributed by atoms with van der Waals surface area (Å²) < 4.78 is 0. The minimum absolute atomic E-state index is 0.166. The van der Waals surface area contributed by atoms with E-state index in [0.717, 1.165) is 0 Å². The van der Waals surface area contributed by atoms with Gasteiger partial charge >= 0.3 is 5.97 Å². The number of aliphatic hydroxyl groups is 1. The number of carbonyl (C=O) groups is 11. The van der Waals surface area contributed by atoms with Crippen LogP contribution in [0.5, 0.6) is 0 Å². The standard InChI is InChI=1S/C38H66N12O13/c1-5-19(2)30(36(60)45-20(3)32(56)43-17-28(54)46-24(38(62)63)12-14-27(42)53)48-37(61)31(21(4)51)49-34(58)23(11-13-26(41)52)47-35(59)25-10-8-16-50(25)29(55)18-44-33(57)22(40)9-6-7-15-39/h19-25,30-31,51H,5-18,39-40H2,1-4H3,(H2,41,52)(H2,42,53)(H,43,56)(H,44,57)(H,45,60)(H,46,54)(H,47,59)(H,48,61)(H,49,58)(H,62,63)/t19-,20-,21+,22-,23-,24-,25-,30-,31-/m0/s1. The second kappa shape index (κ2) is 27.9. The number of nitrogens with two attached hydrogens (primary N) is 4. The smallest absolute Gasteiger partial charge is 0.326 e. The summed E-state index contributed by atoms with van der Waals surface area (Å²) in [5.74, 6) is -10.2. The molecule has 356 valence electrons. The van der Waals surface area contributed by atoms with Crippen molar-refractivity contribution in [1.29, 1.82) is 0 Å². The number of carbonyl (C=O) groups excluding carboxylic acids is 10. The molecule has 0 spiro atoms. The summed E-state index contributed by atoms with van der Waals surface area (Å²) in [6, 6.07) is -9.23. The molecular weight excluding hydrogens is 832 g/mol. The number of nitrogens with zero attached hydrogens (tertiary/aromatic N) is 1. The minimum atomic E-state index is -1.73. The summed E-state index contributed by atoms with van der Waals surface area (Å²) in [4.78, 5) is 140. The van der Waals surface area contributed by atoms with Crippen molar-refractivity contribution in [2.24, 2.45) is 28.9 Å². The normalized spacial score (nSPS) is 17.2. The lowest BCUT2D eigenvalue weighted by atomic mass is 9.97. The summed E-state index contributed by atoms with van der Waals surface area (Å²) in [6.45, 7) is 5.23. The van der Waals surface area contributed by atoms with Crippen molar-refractivity contribution in [3.05, 3.63) is 0 Å². The van der Waals surface area contributed by atoms with Crippen LogP contribution in [0.3, 0.4) is 0 Å². The van der Waals surface area contributed by atoms with Crippen molar-refractivity contribution in [2.75, 3.05) is 26.2 Å². The average molecular weight is 899 g/mol. The summed E-state index contributed by atoms with van der Waals surface area (Å²) in [5.41, 5.74) is 21.7.